The third-order valence-corrected chi connectivity index (χ3v) is 4.68. The highest BCUT2D eigenvalue weighted by molar-refractivity contribution is 7.99. The number of thioether (sulfide) groups is 1. The van der Waals surface area contributed by atoms with E-state index in [9.17, 15) is 4.79 Å². The smallest absolute Gasteiger partial charge is 0.277 e. The van der Waals surface area contributed by atoms with Gasteiger partial charge < -0.3 is 14.1 Å². The number of rotatable bonds is 5. The molecule has 0 saturated carbocycles. The van der Waals surface area contributed by atoms with E-state index in [-0.39, 0.29) is 11.9 Å². The number of carbonyl (C=O) groups excluding carboxylic acids is 1. The van der Waals surface area contributed by atoms with E-state index in [4.69, 9.17) is 9.15 Å². The molecule has 1 fully saturated rings. The van der Waals surface area contributed by atoms with Gasteiger partial charge in [-0.3, -0.25) is 4.79 Å². The minimum atomic E-state index is 0.0937. The number of hydrogen-bond donors (Lipinski definition) is 0. The van der Waals surface area contributed by atoms with Crippen LogP contribution < -0.4 is 4.74 Å². The van der Waals surface area contributed by atoms with Crippen LogP contribution in [-0.4, -0.2) is 40.4 Å². The first-order chi connectivity index (χ1) is 11.2. The Morgan fingerprint density at radius 3 is 3.09 bits per heavy atom. The maximum atomic E-state index is 12.5. The van der Waals surface area contributed by atoms with E-state index in [0.717, 1.165) is 30.7 Å². The number of aryl methyl sites for hydroxylation is 1. The fourth-order valence-electron chi connectivity index (χ4n) is 2.80. The fourth-order valence-corrected chi connectivity index (χ4v) is 3.49. The van der Waals surface area contributed by atoms with Crippen molar-refractivity contribution in [1.29, 1.82) is 0 Å². The van der Waals surface area contributed by atoms with Crippen molar-refractivity contribution in [2.45, 2.75) is 31.0 Å². The molecule has 1 atom stereocenters. The van der Waals surface area contributed by atoms with Crippen LogP contribution in [0.4, 0.5) is 0 Å². The SMILES string of the molecule is COc1cccc(C2CCCN2C(=O)CSc2nnc(C)o2)c1. The van der Waals surface area contributed by atoms with E-state index in [1.807, 2.05) is 29.2 Å². The average Bonchev–Trinajstić information content (AvgIpc) is 3.21. The van der Waals surface area contributed by atoms with Crippen molar-refractivity contribution >= 4 is 17.7 Å². The Kier molecular flexibility index (Phi) is 4.85. The molecule has 1 aliphatic heterocycles. The van der Waals surface area contributed by atoms with Crippen molar-refractivity contribution in [3.8, 4) is 5.75 Å². The summed E-state index contributed by atoms with van der Waals surface area (Å²) >= 11 is 1.28. The molecule has 1 aromatic heterocycles. The van der Waals surface area contributed by atoms with Gasteiger partial charge in [-0.25, -0.2) is 0 Å². The number of aromatic nitrogens is 2. The fraction of sp³-hybridized carbons (Fsp3) is 0.438. The monoisotopic (exact) mass is 333 g/mol. The summed E-state index contributed by atoms with van der Waals surface area (Å²) in [6.07, 6.45) is 1.99. The van der Waals surface area contributed by atoms with Gasteiger partial charge in [0.15, 0.2) is 0 Å². The molecule has 122 valence electrons. The molecule has 3 rings (SSSR count). The van der Waals surface area contributed by atoms with Crippen LogP contribution >= 0.6 is 11.8 Å². The second kappa shape index (κ2) is 7.04. The third kappa shape index (κ3) is 3.67. The van der Waals surface area contributed by atoms with Crippen molar-refractivity contribution in [1.82, 2.24) is 15.1 Å². The van der Waals surface area contributed by atoms with Gasteiger partial charge in [0.05, 0.1) is 18.9 Å². The Balaban J connectivity index is 1.66. The molecule has 1 aliphatic rings. The molecule has 6 nitrogen and oxygen atoms in total. The lowest BCUT2D eigenvalue weighted by Gasteiger charge is -2.25. The summed E-state index contributed by atoms with van der Waals surface area (Å²) < 4.78 is 10.6. The number of likely N-dealkylation sites (tertiary alicyclic amines) is 1. The zero-order valence-corrected chi connectivity index (χ0v) is 14.0. The van der Waals surface area contributed by atoms with E-state index >= 15 is 0 Å². The second-order valence-corrected chi connectivity index (χ2v) is 6.32. The van der Waals surface area contributed by atoms with Crippen molar-refractivity contribution < 1.29 is 13.9 Å². The van der Waals surface area contributed by atoms with Gasteiger partial charge in [-0.15, -0.1) is 10.2 Å². The summed E-state index contributed by atoms with van der Waals surface area (Å²) in [5.74, 6) is 1.73. The summed E-state index contributed by atoms with van der Waals surface area (Å²) in [7, 11) is 1.65. The molecule has 0 bridgehead atoms. The number of ether oxygens (including phenoxy) is 1. The Morgan fingerprint density at radius 1 is 1.48 bits per heavy atom. The molecule has 0 radical (unpaired) electrons. The lowest BCUT2D eigenvalue weighted by Crippen LogP contribution is -2.31. The zero-order valence-electron chi connectivity index (χ0n) is 13.2. The van der Waals surface area contributed by atoms with E-state index < -0.39 is 0 Å². The van der Waals surface area contributed by atoms with E-state index in [2.05, 4.69) is 10.2 Å². The second-order valence-electron chi connectivity index (χ2n) is 5.40. The molecule has 0 aliphatic carbocycles. The van der Waals surface area contributed by atoms with Gasteiger partial charge in [0.2, 0.25) is 11.8 Å². The summed E-state index contributed by atoms with van der Waals surface area (Å²) in [5.41, 5.74) is 1.12. The van der Waals surface area contributed by atoms with Gasteiger partial charge >= 0.3 is 0 Å². The molecule has 0 spiro atoms. The zero-order chi connectivity index (χ0) is 16.2. The molecular formula is C16H19N3O3S. The van der Waals surface area contributed by atoms with E-state index in [0.29, 0.717) is 16.9 Å². The number of hydrogen-bond acceptors (Lipinski definition) is 6. The molecule has 1 aromatic carbocycles. The summed E-state index contributed by atoms with van der Waals surface area (Å²) in [6, 6.07) is 8.05. The predicted molar refractivity (Wildman–Crippen MR) is 86.4 cm³/mol. The number of benzene rings is 1. The van der Waals surface area contributed by atoms with Crippen LogP contribution in [0.15, 0.2) is 33.9 Å². The van der Waals surface area contributed by atoms with Crippen LogP contribution in [0.5, 0.6) is 5.75 Å². The highest BCUT2D eigenvalue weighted by Gasteiger charge is 2.30. The molecule has 2 heterocycles. The maximum Gasteiger partial charge on any atom is 0.277 e. The minimum Gasteiger partial charge on any atom is -0.497 e. The van der Waals surface area contributed by atoms with E-state index in [1.165, 1.54) is 11.8 Å². The van der Waals surface area contributed by atoms with Gasteiger partial charge in [-0.2, -0.15) is 0 Å². The summed E-state index contributed by atoms with van der Waals surface area (Å²) in [6.45, 7) is 2.52. The van der Waals surface area contributed by atoms with E-state index in [1.54, 1.807) is 14.0 Å². The quantitative estimate of drug-likeness (QED) is 0.784. The number of methoxy groups -OCH3 is 1. The van der Waals surface area contributed by atoms with Crippen LogP contribution in [0.1, 0.15) is 30.3 Å². The predicted octanol–water partition coefficient (Wildman–Crippen LogP) is 2.84. The largest absolute Gasteiger partial charge is 0.497 e. The van der Waals surface area contributed by atoms with Crippen LogP contribution in [0.3, 0.4) is 0 Å². The maximum absolute atomic E-state index is 12.5. The Morgan fingerprint density at radius 2 is 2.35 bits per heavy atom. The highest BCUT2D eigenvalue weighted by Crippen LogP contribution is 2.34. The van der Waals surface area contributed by atoms with Gasteiger partial charge in [0, 0.05) is 13.5 Å². The molecule has 2 aromatic rings. The molecule has 1 unspecified atom stereocenters. The van der Waals surface area contributed by atoms with Crippen molar-refractivity contribution in [3.05, 3.63) is 35.7 Å². The Hall–Kier alpha value is -2.02. The molecule has 7 heteroatoms. The molecule has 1 saturated heterocycles. The van der Waals surface area contributed by atoms with Gasteiger partial charge in [0.1, 0.15) is 5.75 Å². The summed E-state index contributed by atoms with van der Waals surface area (Å²) in [4.78, 5) is 14.5. The first-order valence-corrected chi connectivity index (χ1v) is 8.52. The lowest BCUT2D eigenvalue weighted by atomic mass is 10.0. The summed E-state index contributed by atoms with van der Waals surface area (Å²) in [5, 5.41) is 8.11. The highest BCUT2D eigenvalue weighted by atomic mass is 32.2. The van der Waals surface area contributed by atoms with Crippen molar-refractivity contribution in [3.63, 3.8) is 0 Å². The van der Waals surface area contributed by atoms with Crippen molar-refractivity contribution in [2.24, 2.45) is 0 Å². The Labute approximate surface area is 139 Å². The molecule has 23 heavy (non-hydrogen) atoms. The number of carbonyl (C=O) groups is 1. The van der Waals surface area contributed by atoms with Crippen LogP contribution in [0.2, 0.25) is 0 Å². The van der Waals surface area contributed by atoms with Crippen LogP contribution in [0.25, 0.3) is 0 Å². The van der Waals surface area contributed by atoms with Crippen molar-refractivity contribution in [2.75, 3.05) is 19.4 Å². The molecular weight excluding hydrogens is 314 g/mol. The molecule has 1 amide bonds. The van der Waals surface area contributed by atoms with Crippen LogP contribution in [-0.2, 0) is 4.79 Å². The first-order valence-electron chi connectivity index (χ1n) is 7.53. The molecule has 0 N–H and O–H groups in total. The van der Waals surface area contributed by atoms with Crippen LogP contribution in [0, 0.1) is 6.92 Å². The van der Waals surface area contributed by atoms with Gasteiger partial charge in [-0.05, 0) is 30.5 Å². The Bertz CT molecular complexity index is 689. The number of amides is 1. The van der Waals surface area contributed by atoms with Gasteiger partial charge in [0.25, 0.3) is 5.22 Å². The standard InChI is InChI=1S/C16H19N3O3S/c1-11-17-18-16(22-11)23-10-15(20)19-8-4-7-14(19)12-5-3-6-13(9-12)21-2/h3,5-6,9,14H,4,7-8,10H2,1-2H3. The number of nitrogens with zero attached hydrogens (tertiary/aromatic N) is 3. The minimum absolute atomic E-state index is 0.0937. The topological polar surface area (TPSA) is 68.5 Å². The lowest BCUT2D eigenvalue weighted by molar-refractivity contribution is -0.129. The normalized spacial score (nSPS) is 17.5. The van der Waals surface area contributed by atoms with Gasteiger partial charge in [-0.1, -0.05) is 23.9 Å². The average molecular weight is 333 g/mol. The third-order valence-electron chi connectivity index (χ3n) is 3.88. The first kappa shape index (κ1) is 15.9.